The van der Waals surface area contributed by atoms with Crippen molar-refractivity contribution in [3.05, 3.63) is 53.6 Å². The lowest BCUT2D eigenvalue weighted by Crippen LogP contribution is -2.23. The van der Waals surface area contributed by atoms with Crippen molar-refractivity contribution in [3.8, 4) is 22.9 Å². The van der Waals surface area contributed by atoms with Crippen LogP contribution in [0, 0.1) is 5.92 Å². The van der Waals surface area contributed by atoms with Gasteiger partial charge in [-0.3, -0.25) is 4.79 Å². The van der Waals surface area contributed by atoms with Gasteiger partial charge in [-0.05, 0) is 28.8 Å². The van der Waals surface area contributed by atoms with Crippen molar-refractivity contribution in [2.75, 3.05) is 13.7 Å². The molecule has 0 atom stereocenters. The van der Waals surface area contributed by atoms with Gasteiger partial charge in [-0.2, -0.15) is 5.21 Å². The molecule has 1 heterocycles. The summed E-state index contributed by atoms with van der Waals surface area (Å²) in [6.45, 7) is 5.02. The summed E-state index contributed by atoms with van der Waals surface area (Å²) in [5.41, 5.74) is 2.28. The second kappa shape index (κ2) is 8.98. The molecule has 146 valence electrons. The van der Waals surface area contributed by atoms with Crippen LogP contribution >= 0.6 is 0 Å². The monoisotopic (exact) mass is 381 g/mol. The molecule has 8 heteroatoms. The van der Waals surface area contributed by atoms with Crippen LogP contribution in [0.3, 0.4) is 0 Å². The number of carbonyl (C=O) groups excluding carboxylic acids is 1. The molecule has 1 aromatic heterocycles. The summed E-state index contributed by atoms with van der Waals surface area (Å²) in [4.78, 5) is 12.7. The highest BCUT2D eigenvalue weighted by atomic mass is 16.5. The molecule has 0 radical (unpaired) electrons. The van der Waals surface area contributed by atoms with Crippen molar-refractivity contribution >= 4 is 5.91 Å². The molecule has 2 N–H and O–H groups in total. The van der Waals surface area contributed by atoms with Crippen LogP contribution in [0.1, 0.15) is 29.8 Å². The Morgan fingerprint density at radius 1 is 1.18 bits per heavy atom. The standard InChI is InChI=1S/C20H23N5O3/c1-13(2)12-28-18-10-16(27-3)8-9-17(18)20(26)21-11-14-4-6-15(7-5-14)19-22-24-25-23-19/h4-10,13H,11-12H2,1-3H3,(H,21,26)(H,22,23,24,25). The molecule has 0 unspecified atom stereocenters. The largest absolute Gasteiger partial charge is 0.497 e. The number of carbonyl (C=O) groups is 1. The Bertz CT molecular complexity index is 908. The fraction of sp³-hybridized carbons (Fsp3) is 0.300. The average Bonchev–Trinajstić information content (AvgIpc) is 3.25. The first-order chi connectivity index (χ1) is 13.6. The first-order valence-electron chi connectivity index (χ1n) is 8.98. The van der Waals surface area contributed by atoms with Crippen molar-refractivity contribution in [1.29, 1.82) is 0 Å². The minimum atomic E-state index is -0.205. The van der Waals surface area contributed by atoms with Crippen LogP contribution in [-0.2, 0) is 6.54 Å². The maximum absolute atomic E-state index is 12.7. The fourth-order valence-electron chi connectivity index (χ4n) is 2.53. The van der Waals surface area contributed by atoms with E-state index in [4.69, 9.17) is 9.47 Å². The predicted molar refractivity (Wildman–Crippen MR) is 104 cm³/mol. The molecule has 0 aliphatic heterocycles. The molecule has 3 aromatic rings. The number of aromatic nitrogens is 4. The second-order valence-electron chi connectivity index (χ2n) is 6.68. The third kappa shape index (κ3) is 4.85. The molecular formula is C20H23N5O3. The van der Waals surface area contributed by atoms with Crippen LogP contribution < -0.4 is 14.8 Å². The van der Waals surface area contributed by atoms with Gasteiger partial charge < -0.3 is 14.8 Å². The van der Waals surface area contributed by atoms with Crippen molar-refractivity contribution in [1.82, 2.24) is 25.9 Å². The Morgan fingerprint density at radius 2 is 1.96 bits per heavy atom. The highest BCUT2D eigenvalue weighted by molar-refractivity contribution is 5.97. The third-order valence-corrected chi connectivity index (χ3v) is 4.02. The van der Waals surface area contributed by atoms with Crippen molar-refractivity contribution in [3.63, 3.8) is 0 Å². The molecule has 1 amide bonds. The van der Waals surface area contributed by atoms with E-state index in [1.807, 2.05) is 24.3 Å². The molecule has 2 aromatic carbocycles. The van der Waals surface area contributed by atoms with E-state index in [1.165, 1.54) is 0 Å². The van der Waals surface area contributed by atoms with Crippen molar-refractivity contribution < 1.29 is 14.3 Å². The molecule has 3 rings (SSSR count). The number of nitrogens with zero attached hydrogens (tertiary/aromatic N) is 3. The molecule has 28 heavy (non-hydrogen) atoms. The lowest BCUT2D eigenvalue weighted by molar-refractivity contribution is 0.0946. The molecule has 0 aliphatic carbocycles. The first-order valence-corrected chi connectivity index (χ1v) is 8.98. The van der Waals surface area contributed by atoms with Crippen LogP contribution in [0.15, 0.2) is 42.5 Å². The van der Waals surface area contributed by atoms with Crippen LogP contribution in [-0.4, -0.2) is 40.2 Å². The average molecular weight is 381 g/mol. The van der Waals surface area contributed by atoms with Gasteiger partial charge in [0, 0.05) is 18.2 Å². The van der Waals surface area contributed by atoms with Gasteiger partial charge in [0.15, 0.2) is 0 Å². The minimum absolute atomic E-state index is 0.205. The van der Waals surface area contributed by atoms with Gasteiger partial charge in [0.05, 0.1) is 19.3 Å². The highest BCUT2D eigenvalue weighted by Crippen LogP contribution is 2.25. The summed E-state index contributed by atoms with van der Waals surface area (Å²) in [6.07, 6.45) is 0. The normalized spacial score (nSPS) is 10.7. The smallest absolute Gasteiger partial charge is 0.255 e. The number of aromatic amines is 1. The van der Waals surface area contributed by atoms with E-state index >= 15 is 0 Å². The molecule has 0 saturated carbocycles. The molecule has 0 saturated heterocycles. The van der Waals surface area contributed by atoms with Gasteiger partial charge in [0.25, 0.3) is 5.91 Å². The summed E-state index contributed by atoms with van der Waals surface area (Å²) in [5, 5.41) is 16.8. The number of tetrazole rings is 1. The number of methoxy groups -OCH3 is 1. The highest BCUT2D eigenvalue weighted by Gasteiger charge is 2.14. The molecule has 0 bridgehead atoms. The first kappa shape index (κ1) is 19.3. The quantitative estimate of drug-likeness (QED) is 0.622. The Hall–Kier alpha value is -3.42. The van der Waals surface area contributed by atoms with Gasteiger partial charge in [-0.25, -0.2) is 0 Å². The van der Waals surface area contributed by atoms with E-state index in [0.717, 1.165) is 11.1 Å². The zero-order valence-electron chi connectivity index (χ0n) is 16.1. The molecule has 0 fully saturated rings. The maximum atomic E-state index is 12.7. The second-order valence-corrected chi connectivity index (χ2v) is 6.68. The molecular weight excluding hydrogens is 358 g/mol. The van der Waals surface area contributed by atoms with E-state index in [1.54, 1.807) is 25.3 Å². The number of H-pyrrole nitrogens is 1. The Morgan fingerprint density at radius 3 is 2.61 bits per heavy atom. The SMILES string of the molecule is COc1ccc(C(=O)NCc2ccc(-c3nn[nH]n3)cc2)c(OCC(C)C)c1. The Kier molecular flexibility index (Phi) is 6.21. The van der Waals surface area contributed by atoms with Crippen LogP contribution in [0.2, 0.25) is 0 Å². The Labute approximate surface area is 163 Å². The fourth-order valence-corrected chi connectivity index (χ4v) is 2.53. The van der Waals surface area contributed by atoms with E-state index in [0.29, 0.717) is 42.0 Å². The zero-order valence-corrected chi connectivity index (χ0v) is 16.1. The minimum Gasteiger partial charge on any atom is -0.497 e. The topological polar surface area (TPSA) is 102 Å². The number of rotatable bonds is 8. The van der Waals surface area contributed by atoms with Gasteiger partial charge >= 0.3 is 0 Å². The summed E-state index contributed by atoms with van der Waals surface area (Å²) in [6, 6.07) is 12.8. The maximum Gasteiger partial charge on any atom is 0.255 e. The number of benzene rings is 2. The van der Waals surface area contributed by atoms with E-state index < -0.39 is 0 Å². The molecule has 0 spiro atoms. The van der Waals surface area contributed by atoms with E-state index in [-0.39, 0.29) is 5.91 Å². The Balaban J connectivity index is 1.67. The molecule has 0 aliphatic rings. The number of hydrogen-bond donors (Lipinski definition) is 2. The summed E-state index contributed by atoms with van der Waals surface area (Å²) >= 11 is 0. The lowest BCUT2D eigenvalue weighted by Gasteiger charge is -2.14. The number of amides is 1. The zero-order chi connectivity index (χ0) is 19.9. The number of ether oxygens (including phenoxy) is 2. The van der Waals surface area contributed by atoms with Crippen LogP contribution in [0.5, 0.6) is 11.5 Å². The summed E-state index contributed by atoms with van der Waals surface area (Å²) in [7, 11) is 1.58. The third-order valence-electron chi connectivity index (χ3n) is 4.02. The van der Waals surface area contributed by atoms with Gasteiger partial charge in [0.1, 0.15) is 11.5 Å². The predicted octanol–water partition coefficient (Wildman–Crippen LogP) is 2.84. The number of nitrogens with one attached hydrogen (secondary N) is 2. The molecule has 8 nitrogen and oxygen atoms in total. The van der Waals surface area contributed by atoms with Crippen LogP contribution in [0.4, 0.5) is 0 Å². The summed E-state index contributed by atoms with van der Waals surface area (Å²) in [5.74, 6) is 1.83. The van der Waals surface area contributed by atoms with Crippen molar-refractivity contribution in [2.45, 2.75) is 20.4 Å². The van der Waals surface area contributed by atoms with E-state index in [9.17, 15) is 4.79 Å². The van der Waals surface area contributed by atoms with Gasteiger partial charge in [0.2, 0.25) is 5.82 Å². The van der Waals surface area contributed by atoms with E-state index in [2.05, 4.69) is 39.8 Å². The lowest BCUT2D eigenvalue weighted by atomic mass is 10.1. The number of hydrogen-bond acceptors (Lipinski definition) is 6. The van der Waals surface area contributed by atoms with Gasteiger partial charge in [-0.15, -0.1) is 10.2 Å². The van der Waals surface area contributed by atoms with Gasteiger partial charge in [-0.1, -0.05) is 38.1 Å². The van der Waals surface area contributed by atoms with Crippen molar-refractivity contribution in [2.24, 2.45) is 5.92 Å². The summed E-state index contributed by atoms with van der Waals surface area (Å²) < 4.78 is 11.0. The van der Waals surface area contributed by atoms with Crippen LogP contribution in [0.25, 0.3) is 11.4 Å².